The number of sulfone groups is 1. The van der Waals surface area contributed by atoms with Crippen molar-refractivity contribution >= 4 is 26.0 Å². The number of unbranched alkanes of at least 4 members (excludes halogenated alkanes) is 3. The van der Waals surface area contributed by atoms with E-state index < -0.39 is 26.0 Å². The highest BCUT2D eigenvalue weighted by Crippen LogP contribution is 2.39. The molecule has 0 spiro atoms. The lowest BCUT2D eigenvalue weighted by molar-refractivity contribution is 0.214. The van der Waals surface area contributed by atoms with E-state index in [9.17, 15) is 8.42 Å². The number of allylic oxidation sites excluding steroid dienone is 2. The van der Waals surface area contributed by atoms with Crippen LogP contribution in [0.2, 0.25) is 48.4 Å². The number of ether oxygens (including phenoxy) is 3. The highest BCUT2D eigenvalue weighted by atomic mass is 32.2. The molecule has 0 atom stereocenters. The summed E-state index contributed by atoms with van der Waals surface area (Å²) in [6, 6.07) is 38.3. The van der Waals surface area contributed by atoms with Gasteiger partial charge in [0.25, 0.3) is 0 Å². The molecule has 0 radical (unpaired) electrons. The lowest BCUT2D eigenvalue weighted by Crippen LogP contribution is -2.31. The molecule has 0 aromatic heterocycles. The van der Waals surface area contributed by atoms with Crippen molar-refractivity contribution in [1.29, 1.82) is 0 Å². The quantitative estimate of drug-likeness (QED) is 0.0226. The largest absolute Gasteiger partial charge is 0.494 e. The van der Waals surface area contributed by atoms with Crippen LogP contribution in [0.4, 0.5) is 0 Å². The van der Waals surface area contributed by atoms with Crippen LogP contribution in [0.25, 0.3) is 0 Å². The second-order valence-electron chi connectivity index (χ2n) is 19.0. The maximum atomic E-state index is 13.4. The van der Waals surface area contributed by atoms with Gasteiger partial charge in [-0.15, -0.1) is 0 Å². The van der Waals surface area contributed by atoms with Gasteiger partial charge in [-0.1, -0.05) is 165 Å². The average molecular weight is 938 g/mol. The topological polar surface area (TPSA) is 61.8 Å². The van der Waals surface area contributed by atoms with Gasteiger partial charge >= 0.3 is 0 Å². The third-order valence-electron chi connectivity index (χ3n) is 15.1. The van der Waals surface area contributed by atoms with Gasteiger partial charge in [-0.25, -0.2) is 8.42 Å². The van der Waals surface area contributed by atoms with E-state index >= 15 is 0 Å². The molecule has 65 heavy (non-hydrogen) atoms. The molecule has 0 aliphatic carbocycles. The minimum atomic E-state index is -3.64. The van der Waals surface area contributed by atoms with Crippen LogP contribution in [-0.4, -0.2) is 37.8 Å². The Bertz CT molecular complexity index is 2180. The molecule has 0 saturated heterocycles. The monoisotopic (exact) mass is 937 g/mol. The van der Waals surface area contributed by atoms with Crippen molar-refractivity contribution in [3.63, 3.8) is 0 Å². The molecule has 8 heteroatoms. The summed E-state index contributed by atoms with van der Waals surface area (Å²) >= 11 is 0. The van der Waals surface area contributed by atoms with Crippen molar-refractivity contribution in [2.75, 3.05) is 13.2 Å². The highest BCUT2D eigenvalue weighted by molar-refractivity contribution is 7.91. The Hall–Kier alpha value is -3.86. The van der Waals surface area contributed by atoms with Crippen molar-refractivity contribution in [3.8, 4) is 17.2 Å². The first-order chi connectivity index (χ1) is 31.2. The number of hydrogen-bond donors (Lipinski definition) is 0. The van der Waals surface area contributed by atoms with E-state index in [1.165, 1.54) is 77.0 Å². The Balaban J connectivity index is 1.61. The minimum absolute atomic E-state index is 0.258. The summed E-state index contributed by atoms with van der Waals surface area (Å²) in [5.41, 5.74) is 5.84. The third-order valence-corrected chi connectivity index (χ3v) is 28.7. The number of rotatable bonds is 30. The van der Waals surface area contributed by atoms with E-state index in [0.29, 0.717) is 10.6 Å². The average Bonchev–Trinajstić information content (AvgIpc) is 3.32. The first-order valence-corrected chi connectivity index (χ1v) is 32.2. The second kappa shape index (κ2) is 25.9. The van der Waals surface area contributed by atoms with Gasteiger partial charge in [0.05, 0.1) is 39.2 Å². The van der Waals surface area contributed by atoms with Crippen LogP contribution in [0.5, 0.6) is 17.2 Å². The molecule has 0 saturated carbocycles. The van der Waals surface area contributed by atoms with Gasteiger partial charge in [-0.05, 0) is 135 Å². The zero-order valence-corrected chi connectivity index (χ0v) is 44.9. The van der Waals surface area contributed by atoms with Crippen LogP contribution < -0.4 is 9.47 Å². The van der Waals surface area contributed by atoms with Crippen molar-refractivity contribution < 1.29 is 22.6 Å². The summed E-state index contributed by atoms with van der Waals surface area (Å²) in [5.74, 6) is 3.35. The lowest BCUT2D eigenvalue weighted by atomic mass is 9.76. The van der Waals surface area contributed by atoms with Crippen molar-refractivity contribution in [3.05, 3.63) is 137 Å². The van der Waals surface area contributed by atoms with Crippen molar-refractivity contribution in [1.82, 2.24) is 0 Å². The Morgan fingerprint density at radius 1 is 0.615 bits per heavy atom. The third kappa shape index (κ3) is 14.8. The molecule has 356 valence electrons. The second-order valence-corrected chi connectivity index (χ2v) is 32.2. The molecular weight excluding hydrogens is 853 g/mol. The fraction of sp³-hybridized carbons (Fsp3) is 0.509. The summed E-state index contributed by atoms with van der Waals surface area (Å²) in [4.78, 5) is 0.552. The molecule has 4 aromatic carbocycles. The first kappa shape index (κ1) is 53.8. The molecule has 0 unspecified atom stereocenters. The van der Waals surface area contributed by atoms with Crippen molar-refractivity contribution in [2.24, 2.45) is 0 Å². The van der Waals surface area contributed by atoms with E-state index in [-0.39, 0.29) is 10.3 Å². The molecule has 0 fully saturated rings. The number of aryl methyl sites for hydroxylation is 3. The normalized spacial score (nSPS) is 12.6. The van der Waals surface area contributed by atoms with Gasteiger partial charge in [0.2, 0.25) is 9.84 Å². The summed E-state index contributed by atoms with van der Waals surface area (Å²) < 4.78 is 45.9. The number of benzene rings is 4. The van der Waals surface area contributed by atoms with E-state index in [0.717, 1.165) is 81.0 Å². The Labute approximate surface area is 398 Å². The molecule has 0 N–H and O–H groups in total. The zero-order valence-electron chi connectivity index (χ0n) is 42.1. The molecule has 0 heterocycles. The maximum Gasteiger partial charge on any atom is 0.206 e. The molecule has 4 rings (SSSR count). The maximum absolute atomic E-state index is 13.4. The summed E-state index contributed by atoms with van der Waals surface area (Å²) in [6.07, 6.45) is 12.3. The number of hydrogen-bond acceptors (Lipinski definition) is 5. The van der Waals surface area contributed by atoms with Crippen LogP contribution in [0.1, 0.15) is 129 Å². The fourth-order valence-corrected chi connectivity index (χ4v) is 17.7. The predicted octanol–water partition coefficient (Wildman–Crippen LogP) is 16.9. The van der Waals surface area contributed by atoms with E-state index in [1.54, 1.807) is 42.5 Å². The van der Waals surface area contributed by atoms with Crippen LogP contribution in [0.3, 0.4) is 0 Å². The standard InChI is InChI=1S/C57H84O5SSi2/c1-12-51(13-2)60-40-22-20-21-23-41-61-55-38-30-49(44-47(55)26-24-42-64(14-3,15-4)16-5)57(10,11)50-31-39-56(48(45-50)27-25-43-65(17-6,18-7)19-8)62-52-32-36-54(37-33-52)63(58,59)53-34-28-46(9)29-35-53/h12-13,28-39,44-45H,1,14-27,40-43H2,2-11H3/b51-13-. The Morgan fingerprint density at radius 2 is 1.08 bits per heavy atom. The van der Waals surface area contributed by atoms with Crippen LogP contribution in [-0.2, 0) is 32.8 Å². The van der Waals surface area contributed by atoms with Gasteiger partial charge in [-0.2, -0.15) is 0 Å². The van der Waals surface area contributed by atoms with Gasteiger partial charge in [0.15, 0.2) is 0 Å². The molecule has 0 bridgehead atoms. The predicted molar refractivity (Wildman–Crippen MR) is 283 cm³/mol. The molecular formula is C57H84O5SSi2. The zero-order chi connectivity index (χ0) is 47.5. The van der Waals surface area contributed by atoms with Gasteiger partial charge in [0, 0.05) is 5.41 Å². The summed E-state index contributed by atoms with van der Waals surface area (Å²) in [6.45, 7) is 28.3. The smallest absolute Gasteiger partial charge is 0.206 e. The molecule has 0 aliphatic rings. The lowest BCUT2D eigenvalue weighted by Gasteiger charge is -2.30. The fourth-order valence-electron chi connectivity index (χ4n) is 9.46. The molecule has 4 aromatic rings. The highest BCUT2D eigenvalue weighted by Gasteiger charge is 2.29. The van der Waals surface area contributed by atoms with Crippen LogP contribution >= 0.6 is 0 Å². The van der Waals surface area contributed by atoms with E-state index in [1.807, 2.05) is 32.1 Å². The van der Waals surface area contributed by atoms with Crippen LogP contribution in [0, 0.1) is 6.92 Å². The Kier molecular flexibility index (Phi) is 21.4. The first-order valence-electron chi connectivity index (χ1n) is 25.1. The minimum Gasteiger partial charge on any atom is -0.494 e. The van der Waals surface area contributed by atoms with E-state index in [2.05, 4.69) is 98.4 Å². The summed E-state index contributed by atoms with van der Waals surface area (Å²) in [5, 5.41) is 0. The van der Waals surface area contributed by atoms with Crippen molar-refractivity contribution in [2.45, 2.75) is 184 Å². The molecule has 0 aliphatic heterocycles. The van der Waals surface area contributed by atoms with Gasteiger partial charge in [0.1, 0.15) is 23.0 Å². The summed E-state index contributed by atoms with van der Waals surface area (Å²) in [7, 11) is -6.19. The van der Waals surface area contributed by atoms with Gasteiger partial charge in [-0.3, -0.25) is 0 Å². The molecule has 0 amide bonds. The Morgan fingerprint density at radius 3 is 1.55 bits per heavy atom. The van der Waals surface area contributed by atoms with E-state index in [4.69, 9.17) is 14.2 Å². The molecule has 5 nitrogen and oxygen atoms in total. The van der Waals surface area contributed by atoms with Crippen LogP contribution in [0.15, 0.2) is 119 Å². The van der Waals surface area contributed by atoms with Gasteiger partial charge < -0.3 is 14.2 Å². The SMILES string of the molecule is C=C/C(=C/C)OCCCCCCOc1ccc(C(C)(C)c2ccc(Oc3ccc(S(=O)(=O)c4ccc(C)cc4)cc3)c(CCC[Si](CC)(CC)CC)c2)cc1CCC[Si](CC)(CC)CC.